The minimum Gasteiger partial charge on any atom is -0.355 e. The molecule has 154 valence electrons. The summed E-state index contributed by atoms with van der Waals surface area (Å²) in [5.74, 6) is -0.548. The van der Waals surface area contributed by atoms with Crippen molar-refractivity contribution < 1.29 is 14.4 Å². The molecule has 1 aliphatic heterocycles. The van der Waals surface area contributed by atoms with E-state index >= 15 is 0 Å². The average Bonchev–Trinajstić information content (AvgIpc) is 3.58. The lowest BCUT2D eigenvalue weighted by Gasteiger charge is -2.21. The summed E-state index contributed by atoms with van der Waals surface area (Å²) in [4.78, 5) is 40.5. The number of hydrogen-bond acceptors (Lipinski definition) is 4. The van der Waals surface area contributed by atoms with Crippen LogP contribution in [0.2, 0.25) is 0 Å². The Balaban J connectivity index is 1.36. The molecule has 3 atom stereocenters. The number of H-pyrrole nitrogens is 1. The van der Waals surface area contributed by atoms with E-state index in [0.717, 1.165) is 37.8 Å². The Labute approximate surface area is 169 Å². The first kappa shape index (κ1) is 19.5. The third-order valence-corrected chi connectivity index (χ3v) is 6.21. The first-order valence-electron chi connectivity index (χ1n) is 10.4. The molecule has 4 N–H and O–H groups in total. The molecule has 8 heteroatoms. The molecule has 3 amide bonds. The summed E-state index contributed by atoms with van der Waals surface area (Å²) in [6, 6.07) is 4.15. The molecule has 2 saturated carbocycles. The second-order valence-corrected chi connectivity index (χ2v) is 8.86. The lowest BCUT2D eigenvalue weighted by Crippen LogP contribution is -2.50. The van der Waals surface area contributed by atoms with Crippen LogP contribution >= 0.6 is 0 Å². The number of amides is 3. The van der Waals surface area contributed by atoms with Gasteiger partial charge in [0.25, 0.3) is 5.91 Å². The van der Waals surface area contributed by atoms with Gasteiger partial charge in [-0.2, -0.15) is 5.26 Å². The van der Waals surface area contributed by atoms with Gasteiger partial charge in [0, 0.05) is 17.2 Å². The standard InChI is InChI=1S/C21H27N5O3/c1-12-2-5-16(23-12)19(28)25-17(8-13-3-4-13)20(29)24-15(11-22)9-14-10-21(6-7-21)26-18(14)27/h2,5,13-15,17,23H,3-4,6-10H2,1H3,(H,24,29)(H,25,28)(H,26,27)/t14-,15+,17+/m1/s1. The number of aromatic amines is 1. The lowest BCUT2D eigenvalue weighted by molar-refractivity contribution is -0.125. The van der Waals surface area contributed by atoms with Gasteiger partial charge in [0.1, 0.15) is 17.8 Å². The van der Waals surface area contributed by atoms with E-state index in [4.69, 9.17) is 0 Å². The fourth-order valence-electron chi connectivity index (χ4n) is 4.14. The summed E-state index contributed by atoms with van der Waals surface area (Å²) in [6.45, 7) is 1.85. The van der Waals surface area contributed by atoms with Crippen molar-refractivity contribution >= 4 is 17.7 Å². The van der Waals surface area contributed by atoms with Gasteiger partial charge in [-0.1, -0.05) is 12.8 Å². The Morgan fingerprint density at radius 1 is 1.28 bits per heavy atom. The van der Waals surface area contributed by atoms with Crippen LogP contribution in [0.1, 0.15) is 61.1 Å². The van der Waals surface area contributed by atoms with Gasteiger partial charge >= 0.3 is 0 Å². The van der Waals surface area contributed by atoms with Crippen LogP contribution in [0.4, 0.5) is 0 Å². The highest BCUT2D eigenvalue weighted by Crippen LogP contribution is 2.46. The molecule has 4 rings (SSSR count). The van der Waals surface area contributed by atoms with Crippen molar-refractivity contribution in [3.8, 4) is 6.07 Å². The topological polar surface area (TPSA) is 127 Å². The number of carbonyl (C=O) groups is 3. The van der Waals surface area contributed by atoms with Crippen LogP contribution in [0.5, 0.6) is 0 Å². The van der Waals surface area contributed by atoms with Crippen molar-refractivity contribution in [1.82, 2.24) is 20.9 Å². The number of nitrogens with zero attached hydrogens (tertiary/aromatic N) is 1. The molecule has 1 spiro atoms. The third-order valence-electron chi connectivity index (χ3n) is 6.21. The molecule has 0 aromatic carbocycles. The smallest absolute Gasteiger partial charge is 0.268 e. The zero-order valence-electron chi connectivity index (χ0n) is 16.6. The van der Waals surface area contributed by atoms with E-state index in [9.17, 15) is 19.6 Å². The molecular formula is C21H27N5O3. The molecule has 29 heavy (non-hydrogen) atoms. The molecule has 1 aromatic heterocycles. The van der Waals surface area contributed by atoms with Crippen molar-refractivity contribution in [2.45, 2.75) is 69.5 Å². The summed E-state index contributed by atoms with van der Waals surface area (Å²) in [7, 11) is 0. The molecule has 2 aliphatic carbocycles. The van der Waals surface area contributed by atoms with Crippen molar-refractivity contribution in [2.75, 3.05) is 0 Å². The molecular weight excluding hydrogens is 370 g/mol. The van der Waals surface area contributed by atoms with Crippen molar-refractivity contribution in [2.24, 2.45) is 11.8 Å². The van der Waals surface area contributed by atoms with Crippen LogP contribution in [0.15, 0.2) is 12.1 Å². The van der Waals surface area contributed by atoms with Crippen LogP contribution < -0.4 is 16.0 Å². The van der Waals surface area contributed by atoms with E-state index in [1.54, 1.807) is 12.1 Å². The Morgan fingerprint density at radius 2 is 2.03 bits per heavy atom. The van der Waals surface area contributed by atoms with Gasteiger partial charge in [-0.25, -0.2) is 0 Å². The van der Waals surface area contributed by atoms with Gasteiger partial charge in [0.15, 0.2) is 0 Å². The SMILES string of the molecule is Cc1ccc(C(=O)N[C@@H](CC2CC2)C(=O)N[C@H](C#N)C[C@@H]2CC3(CC3)NC2=O)[nH]1. The van der Waals surface area contributed by atoms with Gasteiger partial charge in [-0.15, -0.1) is 0 Å². The van der Waals surface area contributed by atoms with Gasteiger partial charge in [-0.3, -0.25) is 14.4 Å². The Bertz CT molecular complexity index is 862. The van der Waals surface area contributed by atoms with Crippen LogP contribution in [-0.4, -0.2) is 40.3 Å². The van der Waals surface area contributed by atoms with E-state index in [2.05, 4.69) is 27.0 Å². The van der Waals surface area contributed by atoms with Gasteiger partial charge in [-0.05, 0) is 57.1 Å². The largest absolute Gasteiger partial charge is 0.355 e. The molecule has 1 saturated heterocycles. The van der Waals surface area contributed by atoms with Gasteiger partial charge < -0.3 is 20.9 Å². The normalized spacial score (nSPS) is 23.7. The number of nitrogens with one attached hydrogen (secondary N) is 4. The highest BCUT2D eigenvalue weighted by molar-refractivity contribution is 5.96. The quantitative estimate of drug-likeness (QED) is 0.527. The van der Waals surface area contributed by atoms with Crippen molar-refractivity contribution in [3.05, 3.63) is 23.5 Å². The highest BCUT2D eigenvalue weighted by Gasteiger charge is 2.52. The summed E-state index contributed by atoms with van der Waals surface area (Å²) in [5, 5.41) is 18.1. The first-order chi connectivity index (χ1) is 13.9. The number of carbonyl (C=O) groups excluding carboxylic acids is 3. The summed E-state index contributed by atoms with van der Waals surface area (Å²) in [5.41, 5.74) is 1.22. The van der Waals surface area contributed by atoms with Crippen LogP contribution in [-0.2, 0) is 9.59 Å². The van der Waals surface area contributed by atoms with E-state index in [1.165, 1.54) is 0 Å². The van der Waals surface area contributed by atoms with Crippen LogP contribution in [0, 0.1) is 30.1 Å². The van der Waals surface area contributed by atoms with Crippen molar-refractivity contribution in [3.63, 3.8) is 0 Å². The van der Waals surface area contributed by atoms with E-state index in [-0.39, 0.29) is 29.2 Å². The Hall–Kier alpha value is -2.82. The predicted molar refractivity (Wildman–Crippen MR) is 105 cm³/mol. The molecule has 2 heterocycles. The zero-order valence-corrected chi connectivity index (χ0v) is 16.6. The van der Waals surface area contributed by atoms with Crippen LogP contribution in [0.25, 0.3) is 0 Å². The number of nitriles is 1. The van der Waals surface area contributed by atoms with Gasteiger partial charge in [0.05, 0.1) is 6.07 Å². The predicted octanol–water partition coefficient (Wildman–Crippen LogP) is 1.29. The minimum atomic E-state index is -0.751. The number of rotatable bonds is 8. The molecule has 1 aromatic rings. The monoisotopic (exact) mass is 397 g/mol. The van der Waals surface area contributed by atoms with Crippen LogP contribution in [0.3, 0.4) is 0 Å². The summed E-state index contributed by atoms with van der Waals surface area (Å²) in [6.07, 6.45) is 5.67. The Kier molecular flexibility index (Phi) is 5.07. The maximum Gasteiger partial charge on any atom is 0.268 e. The van der Waals surface area contributed by atoms with Crippen molar-refractivity contribution in [1.29, 1.82) is 5.26 Å². The van der Waals surface area contributed by atoms with E-state index in [1.807, 2.05) is 6.92 Å². The molecule has 0 unspecified atom stereocenters. The average molecular weight is 397 g/mol. The number of aryl methyl sites for hydroxylation is 1. The maximum absolute atomic E-state index is 12.9. The molecule has 0 radical (unpaired) electrons. The van der Waals surface area contributed by atoms with E-state index in [0.29, 0.717) is 24.5 Å². The highest BCUT2D eigenvalue weighted by atomic mass is 16.2. The number of aromatic nitrogens is 1. The fourth-order valence-corrected chi connectivity index (χ4v) is 4.14. The van der Waals surface area contributed by atoms with E-state index < -0.39 is 12.1 Å². The molecule has 0 bridgehead atoms. The van der Waals surface area contributed by atoms with Gasteiger partial charge in [0.2, 0.25) is 11.8 Å². The number of hydrogen-bond donors (Lipinski definition) is 4. The minimum absolute atomic E-state index is 0.0260. The molecule has 3 aliphatic rings. The third kappa shape index (κ3) is 4.61. The summed E-state index contributed by atoms with van der Waals surface area (Å²) >= 11 is 0. The molecule has 3 fully saturated rings. The molecule has 8 nitrogen and oxygen atoms in total. The zero-order chi connectivity index (χ0) is 20.6. The lowest BCUT2D eigenvalue weighted by atomic mass is 9.95. The maximum atomic E-state index is 12.9. The Morgan fingerprint density at radius 3 is 2.59 bits per heavy atom. The first-order valence-corrected chi connectivity index (χ1v) is 10.4. The second kappa shape index (κ2) is 7.54. The summed E-state index contributed by atoms with van der Waals surface area (Å²) < 4.78 is 0. The second-order valence-electron chi connectivity index (χ2n) is 8.86. The fraction of sp³-hybridized carbons (Fsp3) is 0.619.